The summed E-state index contributed by atoms with van der Waals surface area (Å²) in [4.78, 5) is 10.6. The van der Waals surface area contributed by atoms with Crippen molar-refractivity contribution in [3.05, 3.63) is 25.3 Å². The molecule has 17 heavy (non-hydrogen) atoms. The van der Waals surface area contributed by atoms with E-state index >= 15 is 0 Å². The van der Waals surface area contributed by atoms with Crippen molar-refractivity contribution in [2.24, 2.45) is 0 Å². The quantitative estimate of drug-likeness (QED) is 0.405. The first-order valence-electron chi connectivity index (χ1n) is 6.29. The predicted octanol–water partition coefficient (Wildman–Crippen LogP) is 3.01. The first kappa shape index (κ1) is 14.0. The summed E-state index contributed by atoms with van der Waals surface area (Å²) in [6, 6.07) is 0. The number of hydrogen-bond acceptors (Lipinski definition) is 3. The molecule has 0 aliphatic carbocycles. The molecule has 0 unspecified atom stereocenters. The maximum absolute atomic E-state index is 10.6. The average Bonchev–Trinajstić information content (AvgIpc) is 3.07. The monoisotopic (exact) mass is 238 g/mol. The van der Waals surface area contributed by atoms with Crippen LogP contribution >= 0.6 is 0 Å². The maximum atomic E-state index is 10.6. The largest absolute Gasteiger partial charge is 0.462 e. The van der Waals surface area contributed by atoms with Gasteiger partial charge in [0.15, 0.2) is 0 Å². The minimum absolute atomic E-state index is 0.0472. The molecular formula is C14H22O3. The molecule has 0 aromatic rings. The standard InChI is InChI=1S/C8H12O2.C6H10O/c1-2-3-4-7-5-6-8(9)10-7;1-2-3-4-6-5-7-6/h2,7H,1,3-6H2;2,6H,1,3-5H2/t7-;6-/m11/s1. The smallest absolute Gasteiger partial charge is 0.306 e. The number of carbonyl (C=O) groups is 1. The molecule has 96 valence electrons. The van der Waals surface area contributed by atoms with Crippen LogP contribution in [0.3, 0.4) is 0 Å². The van der Waals surface area contributed by atoms with E-state index in [2.05, 4.69) is 13.2 Å². The Balaban J connectivity index is 0.000000181. The Labute approximate surface area is 103 Å². The Hall–Kier alpha value is -1.09. The van der Waals surface area contributed by atoms with E-state index in [0.29, 0.717) is 12.5 Å². The van der Waals surface area contributed by atoms with Crippen molar-refractivity contribution in [1.29, 1.82) is 0 Å². The van der Waals surface area contributed by atoms with Crippen LogP contribution in [0.2, 0.25) is 0 Å². The summed E-state index contributed by atoms with van der Waals surface area (Å²) in [5.41, 5.74) is 0. The second kappa shape index (κ2) is 8.07. The van der Waals surface area contributed by atoms with Crippen molar-refractivity contribution in [2.75, 3.05) is 6.61 Å². The van der Waals surface area contributed by atoms with Crippen LogP contribution in [0.4, 0.5) is 0 Å². The number of rotatable bonds is 6. The van der Waals surface area contributed by atoms with E-state index in [9.17, 15) is 4.79 Å². The predicted molar refractivity (Wildman–Crippen MR) is 67.7 cm³/mol. The lowest BCUT2D eigenvalue weighted by Crippen LogP contribution is -2.05. The zero-order chi connectivity index (χ0) is 12.5. The summed E-state index contributed by atoms with van der Waals surface area (Å²) < 4.78 is 9.94. The minimum Gasteiger partial charge on any atom is -0.462 e. The second-order valence-corrected chi connectivity index (χ2v) is 4.34. The summed E-state index contributed by atoms with van der Waals surface area (Å²) >= 11 is 0. The summed E-state index contributed by atoms with van der Waals surface area (Å²) in [7, 11) is 0. The van der Waals surface area contributed by atoms with Crippen molar-refractivity contribution >= 4 is 5.97 Å². The van der Waals surface area contributed by atoms with Crippen LogP contribution in [-0.2, 0) is 14.3 Å². The van der Waals surface area contributed by atoms with Gasteiger partial charge in [0, 0.05) is 6.42 Å². The van der Waals surface area contributed by atoms with E-state index in [-0.39, 0.29) is 12.1 Å². The normalized spacial score (nSPS) is 25.5. The van der Waals surface area contributed by atoms with Crippen molar-refractivity contribution < 1.29 is 14.3 Å². The van der Waals surface area contributed by atoms with Gasteiger partial charge >= 0.3 is 5.97 Å². The molecule has 0 aromatic heterocycles. The van der Waals surface area contributed by atoms with Gasteiger partial charge < -0.3 is 9.47 Å². The van der Waals surface area contributed by atoms with Crippen LogP contribution in [0.1, 0.15) is 38.5 Å². The SMILES string of the molecule is C=CCC[C@@H]1CCC(=O)O1.C=CCC[C@@H]1CO1. The molecule has 3 nitrogen and oxygen atoms in total. The average molecular weight is 238 g/mol. The highest BCUT2D eigenvalue weighted by Crippen LogP contribution is 2.17. The zero-order valence-electron chi connectivity index (χ0n) is 10.4. The lowest BCUT2D eigenvalue weighted by atomic mass is 10.1. The fraction of sp³-hybridized carbons (Fsp3) is 0.643. The molecule has 3 heteroatoms. The lowest BCUT2D eigenvalue weighted by Gasteiger charge is -2.05. The van der Waals surface area contributed by atoms with Gasteiger partial charge in [-0.2, -0.15) is 0 Å². The van der Waals surface area contributed by atoms with Gasteiger partial charge in [-0.1, -0.05) is 12.2 Å². The molecule has 0 amide bonds. The van der Waals surface area contributed by atoms with E-state index in [1.165, 1.54) is 6.42 Å². The molecular weight excluding hydrogens is 216 g/mol. The van der Waals surface area contributed by atoms with Gasteiger partial charge in [-0.3, -0.25) is 4.79 Å². The summed E-state index contributed by atoms with van der Waals surface area (Å²) in [5, 5.41) is 0. The van der Waals surface area contributed by atoms with E-state index < -0.39 is 0 Å². The van der Waals surface area contributed by atoms with Gasteiger partial charge in [0.25, 0.3) is 0 Å². The third-order valence-electron chi connectivity index (χ3n) is 2.76. The van der Waals surface area contributed by atoms with Gasteiger partial charge in [0.2, 0.25) is 0 Å². The molecule has 2 aliphatic rings. The fourth-order valence-electron chi connectivity index (χ4n) is 1.63. The Kier molecular flexibility index (Phi) is 6.63. The molecule has 2 heterocycles. The summed E-state index contributed by atoms with van der Waals surface area (Å²) in [5.74, 6) is -0.0472. The van der Waals surface area contributed by atoms with Crippen LogP contribution in [0.15, 0.2) is 25.3 Å². The van der Waals surface area contributed by atoms with Crippen LogP contribution in [-0.4, -0.2) is 24.8 Å². The number of esters is 1. The van der Waals surface area contributed by atoms with Crippen molar-refractivity contribution in [3.8, 4) is 0 Å². The molecule has 2 saturated heterocycles. The molecule has 2 atom stereocenters. The Morgan fingerprint density at radius 2 is 1.76 bits per heavy atom. The molecule has 0 radical (unpaired) electrons. The molecule has 0 N–H and O–H groups in total. The van der Waals surface area contributed by atoms with Crippen LogP contribution in [0.25, 0.3) is 0 Å². The Bertz CT molecular complexity index is 256. The van der Waals surface area contributed by atoms with Gasteiger partial charge in [0.1, 0.15) is 6.10 Å². The molecule has 0 bridgehead atoms. The highest BCUT2D eigenvalue weighted by molar-refractivity contribution is 5.71. The van der Waals surface area contributed by atoms with Gasteiger partial charge in [0.05, 0.1) is 12.7 Å². The number of epoxide rings is 1. The summed E-state index contributed by atoms with van der Waals surface area (Å²) in [6.07, 6.45) is 10.2. The molecule has 2 rings (SSSR count). The molecule has 0 aromatic carbocycles. The van der Waals surface area contributed by atoms with Gasteiger partial charge in [-0.05, 0) is 32.1 Å². The third kappa shape index (κ3) is 6.95. The highest BCUT2D eigenvalue weighted by atomic mass is 16.6. The number of carbonyl (C=O) groups excluding carboxylic acids is 1. The number of ether oxygens (including phenoxy) is 2. The summed E-state index contributed by atoms with van der Waals surface area (Å²) in [6.45, 7) is 8.19. The molecule has 0 saturated carbocycles. The van der Waals surface area contributed by atoms with E-state index in [1.54, 1.807) is 0 Å². The Morgan fingerprint density at radius 3 is 2.18 bits per heavy atom. The van der Waals surface area contributed by atoms with Gasteiger partial charge in [-0.25, -0.2) is 0 Å². The number of allylic oxidation sites excluding steroid dienone is 2. The van der Waals surface area contributed by atoms with Crippen molar-refractivity contribution in [1.82, 2.24) is 0 Å². The fourth-order valence-corrected chi connectivity index (χ4v) is 1.63. The van der Waals surface area contributed by atoms with Crippen LogP contribution < -0.4 is 0 Å². The Morgan fingerprint density at radius 1 is 1.18 bits per heavy atom. The number of cyclic esters (lactones) is 1. The van der Waals surface area contributed by atoms with E-state index in [1.807, 2.05) is 12.2 Å². The van der Waals surface area contributed by atoms with Crippen LogP contribution in [0.5, 0.6) is 0 Å². The third-order valence-corrected chi connectivity index (χ3v) is 2.76. The molecule has 2 fully saturated rings. The lowest BCUT2D eigenvalue weighted by molar-refractivity contribution is -0.141. The highest BCUT2D eigenvalue weighted by Gasteiger charge is 2.21. The topological polar surface area (TPSA) is 38.8 Å². The van der Waals surface area contributed by atoms with E-state index in [4.69, 9.17) is 9.47 Å². The first-order chi connectivity index (χ1) is 8.26. The van der Waals surface area contributed by atoms with Gasteiger partial charge in [-0.15, -0.1) is 13.2 Å². The second-order valence-electron chi connectivity index (χ2n) is 4.34. The van der Waals surface area contributed by atoms with Crippen molar-refractivity contribution in [2.45, 2.75) is 50.7 Å². The minimum atomic E-state index is -0.0472. The van der Waals surface area contributed by atoms with E-state index in [0.717, 1.165) is 32.3 Å². The number of hydrogen-bond donors (Lipinski definition) is 0. The zero-order valence-corrected chi connectivity index (χ0v) is 10.4. The molecule has 2 aliphatic heterocycles. The maximum Gasteiger partial charge on any atom is 0.306 e. The van der Waals surface area contributed by atoms with Crippen molar-refractivity contribution in [3.63, 3.8) is 0 Å². The first-order valence-corrected chi connectivity index (χ1v) is 6.29. The van der Waals surface area contributed by atoms with Crippen LogP contribution in [0, 0.1) is 0 Å². The molecule has 0 spiro atoms.